The van der Waals surface area contributed by atoms with E-state index in [2.05, 4.69) is 5.32 Å². The second-order valence-corrected chi connectivity index (χ2v) is 9.76. The molecule has 2 aliphatic heterocycles. The number of nitrogens with zero attached hydrogens (tertiary/aromatic N) is 2. The van der Waals surface area contributed by atoms with Crippen LogP contribution in [0.1, 0.15) is 29.6 Å². The van der Waals surface area contributed by atoms with E-state index in [0.29, 0.717) is 25.0 Å². The standard InChI is InChI=1S/C22H25F2N3O4S/c23-16-4-6-20(19(24)14-16)25-22(28)18-15-17(32(29,30)27-10-12-31-13-11-27)5-7-21(18)26-8-2-1-3-9-26/h4-7,14-15H,1-3,8-13H2,(H,25,28). The molecule has 172 valence electrons. The SMILES string of the molecule is O=C(Nc1ccc(F)cc1F)c1cc(S(=O)(=O)N2CCOCC2)ccc1N1CCCCC1. The first-order valence-electron chi connectivity index (χ1n) is 10.6. The van der Waals surface area contributed by atoms with E-state index in [4.69, 9.17) is 4.74 Å². The number of carbonyl (C=O) groups excluding carboxylic acids is 1. The third-order valence-electron chi connectivity index (χ3n) is 5.70. The second kappa shape index (κ2) is 9.51. The Morgan fingerprint density at radius 1 is 0.938 bits per heavy atom. The van der Waals surface area contributed by atoms with E-state index in [1.165, 1.54) is 16.4 Å². The first-order chi connectivity index (χ1) is 15.4. The fraction of sp³-hybridized carbons (Fsp3) is 0.409. The number of piperidine rings is 1. The van der Waals surface area contributed by atoms with Gasteiger partial charge in [-0.25, -0.2) is 17.2 Å². The maximum atomic E-state index is 14.1. The zero-order chi connectivity index (χ0) is 22.7. The Labute approximate surface area is 186 Å². The van der Waals surface area contributed by atoms with Gasteiger partial charge in [-0.05, 0) is 49.6 Å². The summed E-state index contributed by atoms with van der Waals surface area (Å²) in [6, 6.07) is 7.34. The van der Waals surface area contributed by atoms with Gasteiger partial charge in [0.25, 0.3) is 5.91 Å². The highest BCUT2D eigenvalue weighted by Gasteiger charge is 2.29. The van der Waals surface area contributed by atoms with Crippen molar-refractivity contribution in [3.05, 3.63) is 53.6 Å². The normalized spacial score (nSPS) is 17.9. The molecule has 0 spiro atoms. The lowest BCUT2D eigenvalue weighted by molar-refractivity contribution is 0.0730. The van der Waals surface area contributed by atoms with Crippen molar-refractivity contribution in [2.75, 3.05) is 49.6 Å². The first-order valence-corrected chi connectivity index (χ1v) is 12.0. The molecule has 2 saturated heterocycles. The molecular weight excluding hydrogens is 440 g/mol. The van der Waals surface area contributed by atoms with Crippen molar-refractivity contribution in [2.45, 2.75) is 24.2 Å². The summed E-state index contributed by atoms with van der Waals surface area (Å²) in [5.74, 6) is -2.32. The van der Waals surface area contributed by atoms with Crippen molar-refractivity contribution in [3.8, 4) is 0 Å². The van der Waals surface area contributed by atoms with Crippen molar-refractivity contribution < 1.29 is 26.7 Å². The number of carbonyl (C=O) groups is 1. The molecule has 0 saturated carbocycles. The number of morpholine rings is 1. The number of hydrogen-bond acceptors (Lipinski definition) is 5. The highest BCUT2D eigenvalue weighted by atomic mass is 32.2. The molecule has 4 rings (SSSR count). The second-order valence-electron chi connectivity index (χ2n) is 7.82. The molecule has 0 atom stereocenters. The number of halogens is 2. The number of ether oxygens (including phenoxy) is 1. The van der Waals surface area contributed by atoms with Gasteiger partial charge in [0.15, 0.2) is 0 Å². The van der Waals surface area contributed by atoms with E-state index < -0.39 is 27.6 Å². The fourth-order valence-electron chi connectivity index (χ4n) is 3.98. The van der Waals surface area contributed by atoms with Gasteiger partial charge < -0.3 is 15.0 Å². The largest absolute Gasteiger partial charge is 0.379 e. The van der Waals surface area contributed by atoms with E-state index in [-0.39, 0.29) is 29.2 Å². The molecule has 0 aliphatic carbocycles. The first kappa shape index (κ1) is 22.6. The predicted molar refractivity (Wildman–Crippen MR) is 116 cm³/mol. The molecule has 2 aliphatic rings. The molecule has 2 heterocycles. The minimum Gasteiger partial charge on any atom is -0.379 e. The fourth-order valence-corrected chi connectivity index (χ4v) is 5.42. The zero-order valence-corrected chi connectivity index (χ0v) is 18.3. The van der Waals surface area contributed by atoms with Crippen molar-refractivity contribution in [2.24, 2.45) is 0 Å². The van der Waals surface area contributed by atoms with Crippen molar-refractivity contribution in [1.29, 1.82) is 0 Å². The molecule has 2 aromatic rings. The van der Waals surface area contributed by atoms with Crippen LogP contribution in [0.25, 0.3) is 0 Å². The van der Waals surface area contributed by atoms with E-state index in [1.807, 2.05) is 4.90 Å². The maximum absolute atomic E-state index is 14.1. The van der Waals surface area contributed by atoms with Gasteiger partial charge in [0.05, 0.1) is 29.4 Å². The Hall–Kier alpha value is -2.56. The minimum atomic E-state index is -3.82. The monoisotopic (exact) mass is 465 g/mol. The van der Waals surface area contributed by atoms with Gasteiger partial charge >= 0.3 is 0 Å². The average molecular weight is 466 g/mol. The van der Waals surface area contributed by atoms with Crippen LogP contribution in [0.5, 0.6) is 0 Å². The Morgan fingerprint density at radius 2 is 1.66 bits per heavy atom. The third kappa shape index (κ3) is 4.77. The maximum Gasteiger partial charge on any atom is 0.257 e. The number of hydrogen-bond donors (Lipinski definition) is 1. The van der Waals surface area contributed by atoms with Crippen molar-refractivity contribution >= 4 is 27.3 Å². The van der Waals surface area contributed by atoms with Crippen LogP contribution in [-0.4, -0.2) is 58.0 Å². The molecule has 1 N–H and O–H groups in total. The predicted octanol–water partition coefficient (Wildman–Crippen LogP) is 3.23. The number of benzene rings is 2. The zero-order valence-electron chi connectivity index (χ0n) is 17.5. The Balaban J connectivity index is 1.71. The van der Waals surface area contributed by atoms with Crippen LogP contribution < -0.4 is 10.2 Å². The average Bonchev–Trinajstić information content (AvgIpc) is 2.81. The van der Waals surface area contributed by atoms with Crippen LogP contribution in [-0.2, 0) is 14.8 Å². The van der Waals surface area contributed by atoms with Gasteiger partial charge in [0.2, 0.25) is 10.0 Å². The lowest BCUT2D eigenvalue weighted by Crippen LogP contribution is -2.40. The van der Waals surface area contributed by atoms with Gasteiger partial charge in [-0.1, -0.05) is 0 Å². The summed E-state index contributed by atoms with van der Waals surface area (Å²) >= 11 is 0. The molecule has 0 unspecified atom stereocenters. The number of amides is 1. The van der Waals surface area contributed by atoms with Crippen LogP contribution in [0.4, 0.5) is 20.2 Å². The van der Waals surface area contributed by atoms with Crippen LogP contribution in [0.2, 0.25) is 0 Å². The molecule has 0 radical (unpaired) electrons. The quantitative estimate of drug-likeness (QED) is 0.734. The molecule has 7 nitrogen and oxygen atoms in total. The van der Waals surface area contributed by atoms with Gasteiger partial charge in [0.1, 0.15) is 11.6 Å². The third-order valence-corrected chi connectivity index (χ3v) is 7.59. The Kier molecular flexibility index (Phi) is 6.73. The van der Waals surface area contributed by atoms with E-state index >= 15 is 0 Å². The summed E-state index contributed by atoms with van der Waals surface area (Å²) in [6.07, 6.45) is 3.01. The summed E-state index contributed by atoms with van der Waals surface area (Å²) in [6.45, 7) is 2.56. The van der Waals surface area contributed by atoms with E-state index in [0.717, 1.165) is 44.5 Å². The summed E-state index contributed by atoms with van der Waals surface area (Å²) in [5, 5.41) is 2.46. The highest BCUT2D eigenvalue weighted by molar-refractivity contribution is 7.89. The lowest BCUT2D eigenvalue weighted by Gasteiger charge is -2.31. The highest BCUT2D eigenvalue weighted by Crippen LogP contribution is 2.29. The smallest absolute Gasteiger partial charge is 0.257 e. The van der Waals surface area contributed by atoms with Gasteiger partial charge in [-0.15, -0.1) is 0 Å². The van der Waals surface area contributed by atoms with Gasteiger partial charge in [-0.2, -0.15) is 4.31 Å². The van der Waals surface area contributed by atoms with Crippen LogP contribution in [0.15, 0.2) is 41.3 Å². The molecule has 1 amide bonds. The van der Waals surface area contributed by atoms with Gasteiger partial charge in [0, 0.05) is 37.9 Å². The van der Waals surface area contributed by atoms with Crippen LogP contribution in [0.3, 0.4) is 0 Å². The van der Waals surface area contributed by atoms with Crippen LogP contribution in [0, 0.1) is 11.6 Å². The lowest BCUT2D eigenvalue weighted by atomic mass is 10.1. The van der Waals surface area contributed by atoms with Crippen LogP contribution >= 0.6 is 0 Å². The molecule has 2 fully saturated rings. The molecule has 0 bridgehead atoms. The Bertz CT molecular complexity index is 1100. The summed E-state index contributed by atoms with van der Waals surface area (Å²) in [5.41, 5.74) is 0.540. The molecular formula is C22H25F2N3O4S. The van der Waals surface area contributed by atoms with E-state index in [1.54, 1.807) is 6.07 Å². The summed E-state index contributed by atoms with van der Waals surface area (Å²) in [7, 11) is -3.82. The number of sulfonamides is 1. The summed E-state index contributed by atoms with van der Waals surface area (Å²) < 4.78 is 60.2. The van der Waals surface area contributed by atoms with Crippen molar-refractivity contribution in [1.82, 2.24) is 4.31 Å². The summed E-state index contributed by atoms with van der Waals surface area (Å²) in [4.78, 5) is 15.2. The topological polar surface area (TPSA) is 79.0 Å². The van der Waals surface area contributed by atoms with E-state index in [9.17, 15) is 22.0 Å². The molecule has 32 heavy (non-hydrogen) atoms. The molecule has 2 aromatic carbocycles. The number of anilines is 2. The van der Waals surface area contributed by atoms with Gasteiger partial charge in [-0.3, -0.25) is 4.79 Å². The minimum absolute atomic E-state index is 0.00936. The Morgan fingerprint density at radius 3 is 2.34 bits per heavy atom. The number of nitrogens with one attached hydrogen (secondary N) is 1. The van der Waals surface area contributed by atoms with Crippen molar-refractivity contribution in [3.63, 3.8) is 0 Å². The molecule has 0 aromatic heterocycles. The number of rotatable bonds is 5. The molecule has 10 heteroatoms.